The molecule has 154 valence electrons. The van der Waals surface area contributed by atoms with Crippen LogP contribution in [0.2, 0.25) is 6.04 Å². The first kappa shape index (κ1) is 22.0. The maximum Gasteiger partial charge on any atom is 0.151 e. The molecule has 0 aliphatic carbocycles. The van der Waals surface area contributed by atoms with Gasteiger partial charge in [0.2, 0.25) is 0 Å². The predicted octanol–water partition coefficient (Wildman–Crippen LogP) is 5.11. The van der Waals surface area contributed by atoms with Gasteiger partial charge in [-0.25, -0.2) is 0 Å². The molecule has 0 spiro atoms. The molecule has 3 aromatic rings. The van der Waals surface area contributed by atoms with Crippen molar-refractivity contribution in [2.75, 3.05) is 0 Å². The van der Waals surface area contributed by atoms with Gasteiger partial charge in [-0.3, -0.25) is 0 Å². The molecule has 0 aromatic heterocycles. The molecule has 0 saturated carbocycles. The molecule has 0 heterocycles. The minimum absolute atomic E-state index is 0.499. The molecule has 3 aromatic carbocycles. The first-order chi connectivity index (χ1) is 14.7. The molecule has 30 heavy (non-hydrogen) atoms. The number of carbonyl (C=O) groups excluding carboxylic acids is 1. The standard InChI is InChI=1S/C28H32OSi/c1-24(14-12-13-22-29)25(2)21-23-30(26-15-6-3-7-16-26,27-17-8-4-9-18-27)28-19-10-5-11-20-28/h3-11,15-22,24H,12-14,23H2,1-2H3/b25-21-. The molecule has 1 unspecified atom stereocenters. The van der Waals surface area contributed by atoms with E-state index in [2.05, 4.69) is 111 Å². The Hall–Kier alpha value is -2.71. The number of carbonyl (C=O) groups is 1. The van der Waals surface area contributed by atoms with Crippen LogP contribution in [-0.4, -0.2) is 14.4 Å². The predicted molar refractivity (Wildman–Crippen MR) is 132 cm³/mol. The van der Waals surface area contributed by atoms with Crippen molar-refractivity contribution in [2.45, 2.75) is 39.2 Å². The SMILES string of the molecule is C/C(=C/C[Si](c1ccccc1)(c1ccccc1)c1ccccc1)C(C)CCCC=O. The normalized spacial score (nSPS) is 13.1. The van der Waals surface area contributed by atoms with Gasteiger partial charge in [0.15, 0.2) is 8.07 Å². The van der Waals surface area contributed by atoms with E-state index in [0.29, 0.717) is 12.3 Å². The van der Waals surface area contributed by atoms with Crippen molar-refractivity contribution in [3.05, 3.63) is 103 Å². The van der Waals surface area contributed by atoms with E-state index in [9.17, 15) is 4.79 Å². The van der Waals surface area contributed by atoms with E-state index >= 15 is 0 Å². The lowest BCUT2D eigenvalue weighted by molar-refractivity contribution is -0.107. The van der Waals surface area contributed by atoms with Gasteiger partial charge in [-0.05, 0) is 47.3 Å². The lowest BCUT2D eigenvalue weighted by Gasteiger charge is -2.33. The fourth-order valence-corrected chi connectivity index (χ4v) is 8.89. The minimum atomic E-state index is -2.20. The summed E-state index contributed by atoms with van der Waals surface area (Å²) in [5.74, 6) is 0.499. The summed E-state index contributed by atoms with van der Waals surface area (Å²) in [4.78, 5) is 10.7. The van der Waals surface area contributed by atoms with Crippen molar-refractivity contribution in [3.63, 3.8) is 0 Å². The highest BCUT2D eigenvalue weighted by Gasteiger charge is 2.38. The lowest BCUT2D eigenvalue weighted by Crippen LogP contribution is -2.66. The van der Waals surface area contributed by atoms with E-state index in [0.717, 1.165) is 25.2 Å². The van der Waals surface area contributed by atoms with Crippen LogP contribution in [-0.2, 0) is 4.79 Å². The average Bonchev–Trinajstić information content (AvgIpc) is 2.81. The number of hydrogen-bond donors (Lipinski definition) is 0. The monoisotopic (exact) mass is 412 g/mol. The zero-order chi connectivity index (χ0) is 21.2. The van der Waals surface area contributed by atoms with Crippen LogP contribution in [0.3, 0.4) is 0 Å². The van der Waals surface area contributed by atoms with E-state index in [4.69, 9.17) is 0 Å². The van der Waals surface area contributed by atoms with Crippen LogP contribution in [0, 0.1) is 5.92 Å². The van der Waals surface area contributed by atoms with Crippen LogP contribution < -0.4 is 15.6 Å². The van der Waals surface area contributed by atoms with E-state index < -0.39 is 8.07 Å². The molecule has 2 heteroatoms. The third kappa shape index (κ3) is 5.06. The Balaban J connectivity index is 2.07. The fraction of sp³-hybridized carbons (Fsp3) is 0.250. The average molecular weight is 413 g/mol. The summed E-state index contributed by atoms with van der Waals surface area (Å²) in [5, 5.41) is 4.33. The minimum Gasteiger partial charge on any atom is -0.303 e. The maximum atomic E-state index is 10.7. The van der Waals surface area contributed by atoms with Gasteiger partial charge in [0, 0.05) is 6.42 Å². The number of unbranched alkanes of at least 4 members (excludes halogenated alkanes) is 1. The number of aldehydes is 1. The van der Waals surface area contributed by atoms with E-state index in [-0.39, 0.29) is 0 Å². The third-order valence-corrected chi connectivity index (χ3v) is 11.0. The Morgan fingerprint density at radius 1 is 0.800 bits per heavy atom. The van der Waals surface area contributed by atoms with E-state index in [1.54, 1.807) is 0 Å². The third-order valence-electron chi connectivity index (χ3n) is 6.27. The Kier molecular flexibility index (Phi) is 7.98. The molecule has 1 nitrogen and oxygen atoms in total. The number of benzene rings is 3. The van der Waals surface area contributed by atoms with Crippen molar-refractivity contribution in [1.82, 2.24) is 0 Å². The molecule has 1 atom stereocenters. The summed E-state index contributed by atoms with van der Waals surface area (Å²) in [7, 11) is -2.20. The van der Waals surface area contributed by atoms with Crippen molar-refractivity contribution in [1.29, 1.82) is 0 Å². The highest BCUT2D eigenvalue weighted by Crippen LogP contribution is 2.21. The topological polar surface area (TPSA) is 17.1 Å². The highest BCUT2D eigenvalue weighted by atomic mass is 28.3. The molecule has 0 aliphatic rings. The summed E-state index contributed by atoms with van der Waals surface area (Å²) in [6.07, 6.45) is 6.20. The van der Waals surface area contributed by atoms with Crippen LogP contribution in [0.25, 0.3) is 0 Å². The molecular formula is C28H32OSi. The van der Waals surface area contributed by atoms with Gasteiger partial charge in [0.05, 0.1) is 0 Å². The summed E-state index contributed by atoms with van der Waals surface area (Å²) in [6.45, 7) is 4.54. The zero-order valence-electron chi connectivity index (χ0n) is 18.1. The zero-order valence-corrected chi connectivity index (χ0v) is 19.1. The molecule has 0 fully saturated rings. The van der Waals surface area contributed by atoms with Gasteiger partial charge in [0.25, 0.3) is 0 Å². The summed E-state index contributed by atoms with van der Waals surface area (Å²) >= 11 is 0. The van der Waals surface area contributed by atoms with E-state index in [1.807, 2.05) is 0 Å². The van der Waals surface area contributed by atoms with Crippen LogP contribution in [0.4, 0.5) is 0 Å². The Morgan fingerprint density at radius 3 is 1.63 bits per heavy atom. The molecule has 3 rings (SSSR count). The van der Waals surface area contributed by atoms with Crippen molar-refractivity contribution < 1.29 is 4.79 Å². The lowest BCUT2D eigenvalue weighted by atomic mass is 9.96. The van der Waals surface area contributed by atoms with E-state index in [1.165, 1.54) is 21.1 Å². The quantitative estimate of drug-likeness (QED) is 0.149. The largest absolute Gasteiger partial charge is 0.303 e. The molecular weight excluding hydrogens is 380 g/mol. The molecule has 0 N–H and O–H groups in total. The summed E-state index contributed by atoms with van der Waals surface area (Å²) < 4.78 is 0. The number of rotatable bonds is 10. The molecule has 0 aliphatic heterocycles. The van der Waals surface area contributed by atoms with Gasteiger partial charge < -0.3 is 4.79 Å². The number of hydrogen-bond acceptors (Lipinski definition) is 1. The Bertz CT molecular complexity index is 835. The van der Waals surface area contributed by atoms with Crippen LogP contribution in [0.1, 0.15) is 33.1 Å². The molecule has 0 bridgehead atoms. The first-order valence-electron chi connectivity index (χ1n) is 11.0. The summed E-state index contributed by atoms with van der Waals surface area (Å²) in [5.41, 5.74) is 1.43. The van der Waals surface area contributed by atoms with Crippen LogP contribution in [0.5, 0.6) is 0 Å². The second kappa shape index (κ2) is 10.9. The second-order valence-corrected chi connectivity index (χ2v) is 12.1. The molecule has 0 amide bonds. The summed E-state index contributed by atoms with van der Waals surface area (Å²) in [6, 6.07) is 34.2. The van der Waals surface area contributed by atoms with Gasteiger partial charge in [-0.15, -0.1) is 0 Å². The van der Waals surface area contributed by atoms with Gasteiger partial charge in [-0.2, -0.15) is 0 Å². The smallest absolute Gasteiger partial charge is 0.151 e. The Labute approximate surface area is 182 Å². The second-order valence-electron chi connectivity index (χ2n) is 8.15. The van der Waals surface area contributed by atoms with Gasteiger partial charge >= 0.3 is 0 Å². The van der Waals surface area contributed by atoms with Crippen molar-refractivity contribution >= 4 is 29.9 Å². The van der Waals surface area contributed by atoms with Crippen LogP contribution >= 0.6 is 0 Å². The highest BCUT2D eigenvalue weighted by molar-refractivity contribution is 7.11. The molecule has 0 saturated heterocycles. The first-order valence-corrected chi connectivity index (χ1v) is 13.2. The Morgan fingerprint density at radius 2 is 1.23 bits per heavy atom. The molecule has 0 radical (unpaired) electrons. The van der Waals surface area contributed by atoms with Crippen LogP contribution in [0.15, 0.2) is 103 Å². The van der Waals surface area contributed by atoms with Crippen molar-refractivity contribution in [2.24, 2.45) is 5.92 Å². The maximum absolute atomic E-state index is 10.7. The van der Waals surface area contributed by atoms with Crippen molar-refractivity contribution in [3.8, 4) is 0 Å². The van der Waals surface area contributed by atoms with Gasteiger partial charge in [-0.1, -0.05) is 110 Å². The number of allylic oxidation sites excluding steroid dienone is 2. The van der Waals surface area contributed by atoms with Gasteiger partial charge in [0.1, 0.15) is 6.29 Å². The fourth-order valence-electron chi connectivity index (χ4n) is 4.27.